The van der Waals surface area contributed by atoms with Crippen LogP contribution < -0.4 is 4.74 Å². The molecule has 0 fully saturated rings. The molecule has 19 heavy (non-hydrogen) atoms. The fourth-order valence-electron chi connectivity index (χ4n) is 2.12. The summed E-state index contributed by atoms with van der Waals surface area (Å²) in [5.74, 6) is 2.12. The summed E-state index contributed by atoms with van der Waals surface area (Å²) in [6, 6.07) is 22.1. The lowest BCUT2D eigenvalue weighted by molar-refractivity contribution is 0.484. The summed E-state index contributed by atoms with van der Waals surface area (Å²) in [6.45, 7) is 0. The van der Waals surface area contributed by atoms with E-state index in [0.717, 1.165) is 22.4 Å². The quantitative estimate of drug-likeness (QED) is 0.580. The van der Waals surface area contributed by atoms with Gasteiger partial charge in [0, 0.05) is 10.9 Å². The van der Waals surface area contributed by atoms with Crippen molar-refractivity contribution in [3.63, 3.8) is 0 Å². The summed E-state index contributed by atoms with van der Waals surface area (Å²) in [7, 11) is 0. The molecular weight excluding hydrogens is 256 g/mol. The molecule has 0 aromatic heterocycles. The van der Waals surface area contributed by atoms with Crippen LogP contribution in [0.4, 0.5) is 0 Å². The lowest BCUT2D eigenvalue weighted by atomic mass is 10.1. The van der Waals surface area contributed by atoms with Gasteiger partial charge in [0.2, 0.25) is 0 Å². The second-order valence-electron chi connectivity index (χ2n) is 4.32. The molecule has 0 aliphatic rings. The maximum atomic E-state index is 6.03. The van der Waals surface area contributed by atoms with Gasteiger partial charge in [0.1, 0.15) is 11.5 Å². The first-order valence-electron chi connectivity index (χ1n) is 6.18. The Kier molecular flexibility index (Phi) is 3.39. The van der Waals surface area contributed by atoms with Gasteiger partial charge >= 0.3 is 0 Å². The van der Waals surface area contributed by atoms with Crippen molar-refractivity contribution in [2.45, 2.75) is 5.88 Å². The number of halogens is 1. The molecule has 3 rings (SSSR count). The van der Waals surface area contributed by atoms with E-state index in [9.17, 15) is 0 Å². The van der Waals surface area contributed by atoms with Crippen molar-refractivity contribution in [1.82, 2.24) is 0 Å². The van der Waals surface area contributed by atoms with Gasteiger partial charge < -0.3 is 4.74 Å². The number of fused-ring (bicyclic) bond motifs is 1. The van der Waals surface area contributed by atoms with Crippen LogP contribution in [0.3, 0.4) is 0 Å². The SMILES string of the molecule is ClCc1ccccc1Oc1cccc2ccccc12. The Hall–Kier alpha value is -1.99. The predicted molar refractivity (Wildman–Crippen MR) is 80.0 cm³/mol. The molecule has 0 spiro atoms. The standard InChI is InChI=1S/C17H13ClO/c18-12-14-7-2-4-10-16(14)19-17-11-5-8-13-6-1-3-9-15(13)17/h1-11H,12H2. The van der Waals surface area contributed by atoms with E-state index < -0.39 is 0 Å². The minimum Gasteiger partial charge on any atom is -0.456 e. The average Bonchev–Trinajstić information content (AvgIpc) is 2.48. The highest BCUT2D eigenvalue weighted by Crippen LogP contribution is 2.31. The normalized spacial score (nSPS) is 10.6. The first-order valence-corrected chi connectivity index (χ1v) is 6.71. The maximum Gasteiger partial charge on any atom is 0.135 e. The van der Waals surface area contributed by atoms with Crippen molar-refractivity contribution in [3.8, 4) is 11.5 Å². The summed E-state index contributed by atoms with van der Waals surface area (Å²) < 4.78 is 6.03. The molecular formula is C17H13ClO. The fourth-order valence-corrected chi connectivity index (χ4v) is 2.34. The van der Waals surface area contributed by atoms with Crippen molar-refractivity contribution < 1.29 is 4.74 Å². The molecule has 0 bridgehead atoms. The first kappa shape index (κ1) is 12.1. The molecule has 0 aliphatic heterocycles. The van der Waals surface area contributed by atoms with Crippen LogP contribution in [0.1, 0.15) is 5.56 Å². The third-order valence-corrected chi connectivity index (χ3v) is 3.37. The van der Waals surface area contributed by atoms with Crippen LogP contribution in [0.2, 0.25) is 0 Å². The van der Waals surface area contributed by atoms with E-state index in [1.165, 1.54) is 5.39 Å². The zero-order chi connectivity index (χ0) is 13.1. The molecule has 1 nitrogen and oxygen atoms in total. The van der Waals surface area contributed by atoms with E-state index >= 15 is 0 Å². The number of para-hydroxylation sites is 1. The highest BCUT2D eigenvalue weighted by atomic mass is 35.5. The van der Waals surface area contributed by atoms with E-state index in [4.69, 9.17) is 16.3 Å². The number of alkyl halides is 1. The lowest BCUT2D eigenvalue weighted by Crippen LogP contribution is -1.90. The second-order valence-corrected chi connectivity index (χ2v) is 4.59. The molecule has 0 heterocycles. The average molecular weight is 269 g/mol. The molecule has 94 valence electrons. The lowest BCUT2D eigenvalue weighted by Gasteiger charge is -2.11. The Labute approximate surface area is 117 Å². The third kappa shape index (κ3) is 2.42. The van der Waals surface area contributed by atoms with Crippen molar-refractivity contribution in [2.75, 3.05) is 0 Å². The molecule has 3 aromatic carbocycles. The zero-order valence-corrected chi connectivity index (χ0v) is 11.1. The summed E-state index contributed by atoms with van der Waals surface area (Å²) in [5.41, 5.74) is 0.997. The van der Waals surface area contributed by atoms with Gasteiger partial charge in [-0.2, -0.15) is 0 Å². The topological polar surface area (TPSA) is 9.23 Å². The summed E-state index contributed by atoms with van der Waals surface area (Å²) in [6.07, 6.45) is 0. The van der Waals surface area contributed by atoms with Crippen molar-refractivity contribution in [3.05, 3.63) is 72.3 Å². The summed E-state index contributed by atoms with van der Waals surface area (Å²) >= 11 is 5.94. The highest BCUT2D eigenvalue weighted by Gasteiger charge is 2.06. The van der Waals surface area contributed by atoms with Gasteiger partial charge in [-0.25, -0.2) is 0 Å². The number of ether oxygens (including phenoxy) is 1. The molecule has 0 unspecified atom stereocenters. The Balaban J connectivity index is 2.06. The largest absolute Gasteiger partial charge is 0.456 e. The smallest absolute Gasteiger partial charge is 0.135 e. The molecule has 0 N–H and O–H groups in total. The minimum atomic E-state index is 0.445. The zero-order valence-electron chi connectivity index (χ0n) is 10.3. The second kappa shape index (κ2) is 5.33. The van der Waals surface area contributed by atoms with Crippen LogP contribution in [-0.4, -0.2) is 0 Å². The van der Waals surface area contributed by atoms with E-state index in [0.29, 0.717) is 5.88 Å². The number of benzene rings is 3. The molecule has 0 saturated heterocycles. The molecule has 0 saturated carbocycles. The molecule has 0 atom stereocenters. The van der Waals surface area contributed by atoms with E-state index in [1.54, 1.807) is 0 Å². The van der Waals surface area contributed by atoms with E-state index in [2.05, 4.69) is 18.2 Å². The number of hydrogen-bond acceptors (Lipinski definition) is 1. The number of rotatable bonds is 3. The van der Waals surface area contributed by atoms with E-state index in [-0.39, 0.29) is 0 Å². The molecule has 0 radical (unpaired) electrons. The summed E-state index contributed by atoms with van der Waals surface area (Å²) in [5, 5.41) is 2.28. The molecule has 0 aliphatic carbocycles. The van der Waals surface area contributed by atoms with Gasteiger partial charge in [0.05, 0.1) is 5.88 Å². The van der Waals surface area contributed by atoms with Crippen molar-refractivity contribution >= 4 is 22.4 Å². The van der Waals surface area contributed by atoms with Gasteiger partial charge in [-0.1, -0.05) is 54.6 Å². The highest BCUT2D eigenvalue weighted by molar-refractivity contribution is 6.17. The number of hydrogen-bond donors (Lipinski definition) is 0. The molecule has 0 amide bonds. The Morgan fingerprint density at radius 3 is 2.32 bits per heavy atom. The third-order valence-electron chi connectivity index (χ3n) is 3.09. The van der Waals surface area contributed by atoms with Crippen LogP contribution in [0.5, 0.6) is 11.5 Å². The summed E-state index contributed by atoms with van der Waals surface area (Å²) in [4.78, 5) is 0. The first-order chi connectivity index (χ1) is 9.38. The van der Waals surface area contributed by atoms with Crippen molar-refractivity contribution in [2.24, 2.45) is 0 Å². The Morgan fingerprint density at radius 2 is 1.42 bits per heavy atom. The van der Waals surface area contributed by atoms with Gasteiger partial charge in [-0.15, -0.1) is 11.6 Å². The van der Waals surface area contributed by atoms with Gasteiger partial charge in [-0.3, -0.25) is 0 Å². The van der Waals surface area contributed by atoms with Crippen LogP contribution in [0, 0.1) is 0 Å². The molecule has 3 aromatic rings. The Bertz CT molecular complexity index is 701. The Morgan fingerprint density at radius 1 is 0.737 bits per heavy atom. The van der Waals surface area contributed by atoms with E-state index in [1.807, 2.05) is 48.5 Å². The van der Waals surface area contributed by atoms with Crippen LogP contribution >= 0.6 is 11.6 Å². The fraction of sp³-hybridized carbons (Fsp3) is 0.0588. The van der Waals surface area contributed by atoms with Gasteiger partial charge in [0.15, 0.2) is 0 Å². The predicted octanol–water partition coefficient (Wildman–Crippen LogP) is 5.37. The van der Waals surface area contributed by atoms with Gasteiger partial charge in [-0.05, 0) is 17.5 Å². The van der Waals surface area contributed by atoms with Crippen LogP contribution in [0.15, 0.2) is 66.7 Å². The molecule has 2 heteroatoms. The minimum absolute atomic E-state index is 0.445. The van der Waals surface area contributed by atoms with Gasteiger partial charge in [0.25, 0.3) is 0 Å². The van der Waals surface area contributed by atoms with Crippen LogP contribution in [0.25, 0.3) is 10.8 Å². The maximum absolute atomic E-state index is 6.03. The van der Waals surface area contributed by atoms with Crippen LogP contribution in [-0.2, 0) is 5.88 Å². The monoisotopic (exact) mass is 268 g/mol. The van der Waals surface area contributed by atoms with Crippen molar-refractivity contribution in [1.29, 1.82) is 0 Å².